The van der Waals surface area contributed by atoms with Gasteiger partial charge in [0.15, 0.2) is 0 Å². The van der Waals surface area contributed by atoms with E-state index in [-0.39, 0.29) is 17.5 Å². The summed E-state index contributed by atoms with van der Waals surface area (Å²) in [5.74, 6) is -0.464. The molecule has 1 aromatic rings. The van der Waals surface area contributed by atoms with E-state index in [1.807, 2.05) is 6.92 Å². The van der Waals surface area contributed by atoms with Gasteiger partial charge in [-0.2, -0.15) is 0 Å². The Morgan fingerprint density at radius 1 is 1.50 bits per heavy atom. The summed E-state index contributed by atoms with van der Waals surface area (Å²) in [6.07, 6.45) is -0.111. The molecule has 0 bridgehead atoms. The van der Waals surface area contributed by atoms with Crippen LogP contribution in [0.3, 0.4) is 0 Å². The van der Waals surface area contributed by atoms with E-state index in [4.69, 9.17) is 16.3 Å². The Balaban J connectivity index is 2.76. The van der Waals surface area contributed by atoms with Crippen LogP contribution < -0.4 is 0 Å². The quantitative estimate of drug-likeness (QED) is 0.866. The number of ether oxygens (including phenoxy) is 1. The monoisotopic (exact) mass is 246 g/mol. The van der Waals surface area contributed by atoms with Gasteiger partial charge in [0.2, 0.25) is 0 Å². The number of halogens is 2. The van der Waals surface area contributed by atoms with Gasteiger partial charge in [-0.1, -0.05) is 30.7 Å². The van der Waals surface area contributed by atoms with Crippen molar-refractivity contribution in [1.82, 2.24) is 0 Å². The van der Waals surface area contributed by atoms with E-state index < -0.39 is 11.9 Å². The second kappa shape index (κ2) is 6.18. The van der Waals surface area contributed by atoms with E-state index >= 15 is 0 Å². The number of aliphatic hydroxyl groups is 1. The molecular weight excluding hydrogens is 231 g/mol. The van der Waals surface area contributed by atoms with Crippen LogP contribution in [0.4, 0.5) is 4.39 Å². The average Bonchev–Trinajstić information content (AvgIpc) is 2.26. The van der Waals surface area contributed by atoms with E-state index in [0.29, 0.717) is 12.0 Å². The number of aliphatic hydroxyl groups excluding tert-OH is 1. The summed E-state index contributed by atoms with van der Waals surface area (Å²) in [4.78, 5) is 0. The van der Waals surface area contributed by atoms with Gasteiger partial charge in [-0.3, -0.25) is 0 Å². The van der Waals surface area contributed by atoms with Crippen molar-refractivity contribution in [2.24, 2.45) is 0 Å². The van der Waals surface area contributed by atoms with Gasteiger partial charge in [0.1, 0.15) is 5.82 Å². The zero-order valence-electron chi connectivity index (χ0n) is 9.41. The Kier molecular flexibility index (Phi) is 5.19. The fraction of sp³-hybridized carbons (Fsp3) is 0.500. The minimum Gasteiger partial charge on any atom is -0.390 e. The fourth-order valence-corrected chi connectivity index (χ4v) is 1.85. The average molecular weight is 247 g/mol. The molecule has 0 spiro atoms. The smallest absolute Gasteiger partial charge is 0.145 e. The van der Waals surface area contributed by atoms with E-state index in [1.165, 1.54) is 13.2 Å². The number of hydrogen-bond acceptors (Lipinski definition) is 2. The lowest BCUT2D eigenvalue weighted by molar-refractivity contribution is -0.0131. The molecular formula is C12H16ClFO2. The van der Waals surface area contributed by atoms with Gasteiger partial charge in [-0.15, -0.1) is 0 Å². The van der Waals surface area contributed by atoms with Crippen molar-refractivity contribution < 1.29 is 14.2 Å². The maximum absolute atomic E-state index is 13.5. The Labute approximate surface area is 100.0 Å². The highest BCUT2D eigenvalue weighted by atomic mass is 35.5. The van der Waals surface area contributed by atoms with Crippen molar-refractivity contribution in [3.05, 3.63) is 34.6 Å². The summed E-state index contributed by atoms with van der Waals surface area (Å²) in [5, 5.41) is 9.92. The van der Waals surface area contributed by atoms with Gasteiger partial charge in [0.25, 0.3) is 0 Å². The molecule has 0 radical (unpaired) electrons. The van der Waals surface area contributed by atoms with Gasteiger partial charge in [-0.25, -0.2) is 4.39 Å². The van der Waals surface area contributed by atoms with Crippen molar-refractivity contribution in [1.29, 1.82) is 0 Å². The normalized spacial score (nSPS) is 14.8. The maximum atomic E-state index is 13.5. The molecule has 2 atom stereocenters. The highest BCUT2D eigenvalue weighted by Gasteiger charge is 2.19. The van der Waals surface area contributed by atoms with Crippen molar-refractivity contribution in [3.8, 4) is 0 Å². The summed E-state index contributed by atoms with van der Waals surface area (Å²) < 4.78 is 18.6. The van der Waals surface area contributed by atoms with Gasteiger partial charge >= 0.3 is 0 Å². The van der Waals surface area contributed by atoms with Crippen LogP contribution in [0.5, 0.6) is 0 Å². The van der Waals surface area contributed by atoms with E-state index in [1.54, 1.807) is 12.1 Å². The van der Waals surface area contributed by atoms with Gasteiger partial charge in [0.05, 0.1) is 17.2 Å². The standard InChI is InChI=1S/C12H16ClFO2/c1-3-11(16-2)10(15)7-8-5-4-6-9(13)12(8)14/h4-6,10-11,15H,3,7H2,1-2H3. The first-order valence-electron chi connectivity index (χ1n) is 5.23. The summed E-state index contributed by atoms with van der Waals surface area (Å²) >= 11 is 5.66. The molecule has 0 saturated heterocycles. The largest absolute Gasteiger partial charge is 0.390 e. The molecule has 90 valence electrons. The van der Waals surface area contributed by atoms with Crippen LogP contribution in [0.15, 0.2) is 18.2 Å². The van der Waals surface area contributed by atoms with Crippen molar-refractivity contribution >= 4 is 11.6 Å². The molecule has 2 unspecified atom stereocenters. The Hall–Kier alpha value is -0.640. The molecule has 16 heavy (non-hydrogen) atoms. The predicted molar refractivity (Wildman–Crippen MR) is 62.2 cm³/mol. The molecule has 4 heteroatoms. The first-order chi connectivity index (χ1) is 7.60. The van der Waals surface area contributed by atoms with Crippen molar-refractivity contribution in [2.45, 2.75) is 32.0 Å². The SMILES string of the molecule is CCC(OC)C(O)Cc1cccc(Cl)c1F. The highest BCUT2D eigenvalue weighted by Crippen LogP contribution is 2.20. The minimum atomic E-state index is -0.719. The van der Waals surface area contributed by atoms with Crippen molar-refractivity contribution in [2.75, 3.05) is 7.11 Å². The molecule has 0 fully saturated rings. The minimum absolute atomic E-state index is 0.0789. The van der Waals surface area contributed by atoms with E-state index in [0.717, 1.165) is 0 Å². The predicted octanol–water partition coefficient (Wildman–Crippen LogP) is 2.81. The third-order valence-corrected chi connectivity index (χ3v) is 2.89. The van der Waals surface area contributed by atoms with Crippen LogP contribution in [-0.2, 0) is 11.2 Å². The highest BCUT2D eigenvalue weighted by molar-refractivity contribution is 6.30. The number of methoxy groups -OCH3 is 1. The number of hydrogen-bond donors (Lipinski definition) is 1. The zero-order valence-corrected chi connectivity index (χ0v) is 10.2. The second-order valence-corrected chi connectivity index (χ2v) is 4.07. The lowest BCUT2D eigenvalue weighted by Gasteiger charge is -2.20. The number of benzene rings is 1. The molecule has 0 saturated carbocycles. The summed E-state index contributed by atoms with van der Waals surface area (Å²) in [5.41, 5.74) is 0.413. The van der Waals surface area contributed by atoms with Gasteiger partial charge < -0.3 is 9.84 Å². The van der Waals surface area contributed by atoms with Crippen LogP contribution >= 0.6 is 11.6 Å². The van der Waals surface area contributed by atoms with Crippen LogP contribution in [0.1, 0.15) is 18.9 Å². The molecule has 1 aromatic carbocycles. The lowest BCUT2D eigenvalue weighted by atomic mass is 10.0. The molecule has 0 amide bonds. The van der Waals surface area contributed by atoms with Crippen LogP contribution in [0.25, 0.3) is 0 Å². The first-order valence-corrected chi connectivity index (χ1v) is 5.61. The molecule has 0 aliphatic heterocycles. The summed E-state index contributed by atoms with van der Waals surface area (Å²) in [6, 6.07) is 4.77. The summed E-state index contributed by atoms with van der Waals surface area (Å²) in [7, 11) is 1.53. The lowest BCUT2D eigenvalue weighted by Crippen LogP contribution is -2.29. The Bertz CT molecular complexity index is 340. The van der Waals surface area contributed by atoms with E-state index in [9.17, 15) is 9.50 Å². The molecule has 1 rings (SSSR count). The summed E-state index contributed by atoms with van der Waals surface area (Å²) in [6.45, 7) is 1.91. The molecule has 0 aliphatic carbocycles. The molecule has 0 aliphatic rings. The van der Waals surface area contributed by atoms with Gasteiger partial charge in [0, 0.05) is 13.5 Å². The third-order valence-electron chi connectivity index (χ3n) is 2.59. The van der Waals surface area contributed by atoms with Crippen LogP contribution in [0, 0.1) is 5.82 Å². The zero-order chi connectivity index (χ0) is 12.1. The Morgan fingerprint density at radius 3 is 2.75 bits per heavy atom. The second-order valence-electron chi connectivity index (χ2n) is 3.67. The molecule has 1 N–H and O–H groups in total. The fourth-order valence-electron chi connectivity index (χ4n) is 1.66. The third kappa shape index (κ3) is 3.17. The van der Waals surface area contributed by atoms with Crippen LogP contribution in [-0.4, -0.2) is 24.4 Å². The Morgan fingerprint density at radius 2 is 2.19 bits per heavy atom. The first kappa shape index (κ1) is 13.4. The van der Waals surface area contributed by atoms with Gasteiger partial charge in [-0.05, 0) is 18.1 Å². The molecule has 2 nitrogen and oxygen atoms in total. The molecule has 0 heterocycles. The number of rotatable bonds is 5. The van der Waals surface area contributed by atoms with E-state index in [2.05, 4.69) is 0 Å². The topological polar surface area (TPSA) is 29.5 Å². The van der Waals surface area contributed by atoms with Crippen molar-refractivity contribution in [3.63, 3.8) is 0 Å². The van der Waals surface area contributed by atoms with Crippen LogP contribution in [0.2, 0.25) is 5.02 Å². The maximum Gasteiger partial charge on any atom is 0.145 e. The molecule has 0 aromatic heterocycles.